The van der Waals surface area contributed by atoms with Gasteiger partial charge in [-0.2, -0.15) is 0 Å². The average Bonchev–Trinajstić information content (AvgIpc) is 3.41. The Balaban J connectivity index is 1.52. The third-order valence-electron chi connectivity index (χ3n) is 6.40. The minimum Gasteiger partial charge on any atom is -0.485 e. The van der Waals surface area contributed by atoms with Crippen LogP contribution in [0.15, 0.2) is 59.6 Å². The second kappa shape index (κ2) is 8.78. The molecule has 5 rings (SSSR count). The molecule has 0 spiro atoms. The van der Waals surface area contributed by atoms with Crippen LogP contribution in [0.2, 0.25) is 0 Å². The predicted molar refractivity (Wildman–Crippen MR) is 131 cm³/mol. The number of nitrogens with zero attached hydrogens (tertiary/aromatic N) is 3. The monoisotopic (exact) mass is 441 g/mol. The number of aromatic nitrogens is 2. The zero-order valence-corrected chi connectivity index (χ0v) is 19.4. The lowest BCUT2D eigenvalue weighted by molar-refractivity contribution is 0.350. The molecule has 1 aliphatic heterocycles. The molecule has 0 amide bonds. The van der Waals surface area contributed by atoms with E-state index in [2.05, 4.69) is 51.6 Å². The van der Waals surface area contributed by atoms with Crippen LogP contribution in [-0.2, 0) is 0 Å². The van der Waals surface area contributed by atoms with Crippen LogP contribution in [-0.4, -0.2) is 29.1 Å². The third-order valence-corrected chi connectivity index (χ3v) is 6.40. The van der Waals surface area contributed by atoms with Crippen LogP contribution < -0.4 is 9.64 Å². The number of fused-ring (bicyclic) bond motifs is 1. The first-order chi connectivity index (χ1) is 16.0. The van der Waals surface area contributed by atoms with Crippen molar-refractivity contribution < 1.29 is 9.13 Å². The number of imidazole rings is 1. The standard InChI is InChI=1S/C28H28FN3O/c1-19-15-26(33-18-24-20(2)9-4-5-12-25(24)29)28-30-21(3)27(32(28)17-19)22-10-8-11-23(16-22)31-13-6-7-14-31/h8-11,15-17H,6-7,12-14,18H2,1-3H3. The minimum absolute atomic E-state index is 0.121. The van der Waals surface area contributed by atoms with E-state index in [-0.39, 0.29) is 18.9 Å². The molecule has 2 aliphatic rings. The van der Waals surface area contributed by atoms with E-state index in [9.17, 15) is 4.39 Å². The summed E-state index contributed by atoms with van der Waals surface area (Å²) in [7, 11) is 0. The van der Waals surface area contributed by atoms with E-state index in [1.54, 1.807) is 6.08 Å². The van der Waals surface area contributed by atoms with E-state index < -0.39 is 0 Å². The van der Waals surface area contributed by atoms with Crippen molar-refractivity contribution in [3.05, 3.63) is 70.8 Å². The molecule has 4 nitrogen and oxygen atoms in total. The summed E-state index contributed by atoms with van der Waals surface area (Å²) in [5.74, 6) is 6.12. The topological polar surface area (TPSA) is 29.8 Å². The van der Waals surface area contributed by atoms with Gasteiger partial charge in [-0.05, 0) is 69.0 Å². The number of aryl methyl sites for hydroxylation is 2. The molecule has 3 aromatic rings. The smallest absolute Gasteiger partial charge is 0.180 e. The van der Waals surface area contributed by atoms with Crippen LogP contribution in [0.1, 0.15) is 37.4 Å². The predicted octanol–water partition coefficient (Wildman–Crippen LogP) is 6.17. The van der Waals surface area contributed by atoms with Gasteiger partial charge in [0.2, 0.25) is 0 Å². The Morgan fingerprint density at radius 2 is 1.94 bits per heavy atom. The van der Waals surface area contributed by atoms with Crippen molar-refractivity contribution in [2.45, 2.75) is 40.0 Å². The number of allylic oxidation sites excluding steroid dienone is 2. The summed E-state index contributed by atoms with van der Waals surface area (Å²) in [6, 6.07) is 10.7. The summed E-state index contributed by atoms with van der Waals surface area (Å²) in [5.41, 5.74) is 7.54. The molecule has 0 N–H and O–H groups in total. The van der Waals surface area contributed by atoms with Crippen molar-refractivity contribution >= 4 is 11.3 Å². The number of hydrogen-bond donors (Lipinski definition) is 0. The highest BCUT2D eigenvalue weighted by Crippen LogP contribution is 2.33. The number of benzene rings is 1. The maximum absolute atomic E-state index is 14.5. The van der Waals surface area contributed by atoms with E-state index in [1.165, 1.54) is 18.5 Å². The minimum atomic E-state index is -0.226. The Bertz CT molecular complexity index is 1350. The zero-order valence-electron chi connectivity index (χ0n) is 19.4. The van der Waals surface area contributed by atoms with Crippen molar-refractivity contribution in [1.29, 1.82) is 0 Å². The van der Waals surface area contributed by atoms with Crippen LogP contribution in [0.5, 0.6) is 5.75 Å². The number of rotatable bonds is 5. The molecule has 0 saturated carbocycles. The molecule has 5 heteroatoms. The fourth-order valence-corrected chi connectivity index (χ4v) is 4.67. The first-order valence-electron chi connectivity index (χ1n) is 11.5. The van der Waals surface area contributed by atoms with Gasteiger partial charge in [0.1, 0.15) is 12.4 Å². The van der Waals surface area contributed by atoms with Crippen LogP contribution in [0.25, 0.3) is 16.9 Å². The van der Waals surface area contributed by atoms with Crippen LogP contribution in [0.4, 0.5) is 10.1 Å². The van der Waals surface area contributed by atoms with Gasteiger partial charge >= 0.3 is 0 Å². The van der Waals surface area contributed by atoms with Gasteiger partial charge in [-0.3, -0.25) is 4.40 Å². The number of halogens is 1. The molecule has 3 heterocycles. The van der Waals surface area contributed by atoms with Crippen molar-refractivity contribution in [3.8, 4) is 28.8 Å². The maximum Gasteiger partial charge on any atom is 0.180 e. The van der Waals surface area contributed by atoms with Crippen LogP contribution in [0, 0.1) is 25.7 Å². The molecule has 1 fully saturated rings. The zero-order chi connectivity index (χ0) is 22.9. The first kappa shape index (κ1) is 21.3. The van der Waals surface area contributed by atoms with Gasteiger partial charge in [0, 0.05) is 36.1 Å². The molecular formula is C28H28FN3O. The number of hydrogen-bond acceptors (Lipinski definition) is 3. The van der Waals surface area contributed by atoms with Crippen LogP contribution in [0.3, 0.4) is 0 Å². The van der Waals surface area contributed by atoms with E-state index in [0.29, 0.717) is 11.3 Å². The molecule has 1 aliphatic carbocycles. The van der Waals surface area contributed by atoms with E-state index >= 15 is 0 Å². The third kappa shape index (κ3) is 4.14. The Labute approximate surface area is 194 Å². The SMILES string of the molecule is CC1=CC#CCC(F)=C1COc1cc(C)cn2c(-c3cccc(N4CCCC4)c3)c(C)nc12. The number of anilines is 1. The van der Waals surface area contributed by atoms with E-state index in [4.69, 9.17) is 9.72 Å². The summed E-state index contributed by atoms with van der Waals surface area (Å²) in [5, 5.41) is 0. The van der Waals surface area contributed by atoms with Gasteiger partial charge in [-0.1, -0.05) is 24.0 Å². The fraction of sp³-hybridized carbons (Fsp3) is 0.321. The van der Waals surface area contributed by atoms with Gasteiger partial charge in [0.25, 0.3) is 0 Å². The van der Waals surface area contributed by atoms with E-state index in [0.717, 1.165) is 46.8 Å². The van der Waals surface area contributed by atoms with Crippen molar-refractivity contribution in [1.82, 2.24) is 9.38 Å². The van der Waals surface area contributed by atoms with Gasteiger partial charge in [0.05, 0.1) is 17.8 Å². The largest absolute Gasteiger partial charge is 0.485 e. The highest BCUT2D eigenvalue weighted by Gasteiger charge is 2.19. The molecule has 0 atom stereocenters. The molecule has 0 radical (unpaired) electrons. The average molecular weight is 442 g/mol. The quantitative estimate of drug-likeness (QED) is 0.443. The molecule has 168 valence electrons. The molecule has 33 heavy (non-hydrogen) atoms. The lowest BCUT2D eigenvalue weighted by atomic mass is 10.1. The second-order valence-electron chi connectivity index (χ2n) is 8.86. The normalized spacial score (nSPS) is 16.0. The fourth-order valence-electron chi connectivity index (χ4n) is 4.67. The lowest BCUT2D eigenvalue weighted by Gasteiger charge is -2.18. The second-order valence-corrected chi connectivity index (χ2v) is 8.86. The highest BCUT2D eigenvalue weighted by molar-refractivity contribution is 5.73. The van der Waals surface area contributed by atoms with Gasteiger partial charge in [-0.15, -0.1) is 0 Å². The van der Waals surface area contributed by atoms with Gasteiger partial charge < -0.3 is 9.64 Å². The summed E-state index contributed by atoms with van der Waals surface area (Å²) in [6.45, 7) is 8.30. The summed E-state index contributed by atoms with van der Waals surface area (Å²) >= 11 is 0. The van der Waals surface area contributed by atoms with Crippen molar-refractivity contribution in [2.24, 2.45) is 0 Å². The number of pyridine rings is 1. The maximum atomic E-state index is 14.5. The summed E-state index contributed by atoms with van der Waals surface area (Å²) < 4.78 is 22.8. The summed E-state index contributed by atoms with van der Waals surface area (Å²) in [6.07, 6.45) is 6.45. The number of ether oxygens (including phenoxy) is 1. The molecule has 2 aromatic heterocycles. The molecular weight excluding hydrogens is 413 g/mol. The first-order valence-corrected chi connectivity index (χ1v) is 11.5. The molecule has 1 saturated heterocycles. The van der Waals surface area contributed by atoms with Gasteiger partial charge in [0.15, 0.2) is 11.4 Å². The highest BCUT2D eigenvalue weighted by atomic mass is 19.1. The van der Waals surface area contributed by atoms with Crippen LogP contribution >= 0.6 is 0 Å². The summed E-state index contributed by atoms with van der Waals surface area (Å²) in [4.78, 5) is 7.29. The Morgan fingerprint density at radius 3 is 2.76 bits per heavy atom. The van der Waals surface area contributed by atoms with Crippen molar-refractivity contribution in [3.63, 3.8) is 0 Å². The Morgan fingerprint density at radius 1 is 1.12 bits per heavy atom. The Kier molecular flexibility index (Phi) is 5.68. The Hall–Kier alpha value is -3.52. The van der Waals surface area contributed by atoms with Crippen molar-refractivity contribution in [2.75, 3.05) is 24.6 Å². The van der Waals surface area contributed by atoms with E-state index in [1.807, 2.05) is 26.8 Å². The molecule has 1 aromatic carbocycles. The molecule has 0 unspecified atom stereocenters. The lowest BCUT2D eigenvalue weighted by Crippen LogP contribution is -2.17. The van der Waals surface area contributed by atoms with Gasteiger partial charge in [-0.25, -0.2) is 9.37 Å². The molecule has 0 bridgehead atoms.